The third-order valence-electron chi connectivity index (χ3n) is 2.82. The molecule has 0 fully saturated rings. The summed E-state index contributed by atoms with van der Waals surface area (Å²) in [5.41, 5.74) is 13.4. The zero-order chi connectivity index (χ0) is 12.1. The fraction of sp³-hybridized carbons (Fsp3) is 0.286. The lowest BCUT2D eigenvalue weighted by molar-refractivity contribution is 0.145. The summed E-state index contributed by atoms with van der Waals surface area (Å²) in [7, 11) is 0. The van der Waals surface area contributed by atoms with Crippen LogP contribution in [-0.4, -0.2) is 19.8 Å². The number of rotatable bonds is 5. The predicted octanol–water partition coefficient (Wildman–Crippen LogP) is 1.94. The molecule has 3 heteroatoms. The summed E-state index contributed by atoms with van der Waals surface area (Å²) < 4.78 is 5.41. The Morgan fingerprint density at radius 2 is 1.71 bits per heavy atom. The highest BCUT2D eigenvalue weighted by Gasteiger charge is 2.02. The van der Waals surface area contributed by atoms with E-state index in [1.165, 1.54) is 10.9 Å². The highest BCUT2D eigenvalue weighted by atomic mass is 16.5. The Balaban J connectivity index is 2.19. The molecule has 0 unspecified atom stereocenters. The Morgan fingerprint density at radius 1 is 0.941 bits per heavy atom. The average molecular weight is 230 g/mol. The van der Waals surface area contributed by atoms with E-state index in [0.29, 0.717) is 19.8 Å². The van der Waals surface area contributed by atoms with Crippen LogP contribution in [0.5, 0.6) is 0 Å². The highest BCUT2D eigenvalue weighted by molar-refractivity contribution is 5.94. The quantitative estimate of drug-likeness (QED) is 0.609. The van der Waals surface area contributed by atoms with Gasteiger partial charge in [-0.15, -0.1) is 0 Å². The van der Waals surface area contributed by atoms with Crippen LogP contribution >= 0.6 is 0 Å². The van der Waals surface area contributed by atoms with Crippen LogP contribution < -0.4 is 11.5 Å². The number of nitrogen functional groups attached to an aromatic ring is 1. The fourth-order valence-electron chi connectivity index (χ4n) is 1.98. The van der Waals surface area contributed by atoms with Crippen molar-refractivity contribution in [2.75, 3.05) is 25.5 Å². The summed E-state index contributed by atoms with van der Waals surface area (Å²) in [6.07, 6.45) is 0.890. The first kappa shape index (κ1) is 11.9. The van der Waals surface area contributed by atoms with Crippen molar-refractivity contribution in [3.05, 3.63) is 42.0 Å². The van der Waals surface area contributed by atoms with E-state index >= 15 is 0 Å². The van der Waals surface area contributed by atoms with Gasteiger partial charge in [-0.1, -0.05) is 30.3 Å². The van der Waals surface area contributed by atoms with Gasteiger partial charge in [-0.3, -0.25) is 0 Å². The first-order valence-electron chi connectivity index (χ1n) is 5.87. The highest BCUT2D eigenvalue weighted by Crippen LogP contribution is 2.24. The van der Waals surface area contributed by atoms with Gasteiger partial charge in [0, 0.05) is 17.6 Å². The largest absolute Gasteiger partial charge is 0.398 e. The van der Waals surface area contributed by atoms with Gasteiger partial charge in [0.05, 0.1) is 13.2 Å². The summed E-state index contributed by atoms with van der Waals surface area (Å²) in [4.78, 5) is 0. The fourth-order valence-corrected chi connectivity index (χ4v) is 1.98. The average Bonchev–Trinajstić information content (AvgIpc) is 2.36. The van der Waals surface area contributed by atoms with Crippen molar-refractivity contribution in [3.63, 3.8) is 0 Å². The van der Waals surface area contributed by atoms with Gasteiger partial charge in [-0.2, -0.15) is 0 Å². The standard InChI is InChI=1S/C14H18N2O/c15-8-10-17-9-7-11-3-1-5-13-12(11)4-2-6-14(13)16/h1-6H,7-10,15-16H2. The van der Waals surface area contributed by atoms with Gasteiger partial charge in [0.2, 0.25) is 0 Å². The van der Waals surface area contributed by atoms with Crippen molar-refractivity contribution in [1.82, 2.24) is 0 Å². The van der Waals surface area contributed by atoms with Gasteiger partial charge < -0.3 is 16.2 Å². The summed E-state index contributed by atoms with van der Waals surface area (Å²) in [6.45, 7) is 1.89. The van der Waals surface area contributed by atoms with Crippen LogP contribution in [0.2, 0.25) is 0 Å². The molecule has 2 aromatic rings. The topological polar surface area (TPSA) is 61.3 Å². The minimum atomic E-state index is 0.572. The van der Waals surface area contributed by atoms with E-state index in [1.807, 2.05) is 18.2 Å². The van der Waals surface area contributed by atoms with Crippen molar-refractivity contribution in [2.45, 2.75) is 6.42 Å². The lowest BCUT2D eigenvalue weighted by atomic mass is 10.0. The van der Waals surface area contributed by atoms with Gasteiger partial charge in [-0.05, 0) is 23.4 Å². The van der Waals surface area contributed by atoms with Gasteiger partial charge in [0.25, 0.3) is 0 Å². The summed E-state index contributed by atoms with van der Waals surface area (Å²) in [5, 5.41) is 2.33. The maximum atomic E-state index is 5.95. The number of hydrogen-bond donors (Lipinski definition) is 2. The van der Waals surface area contributed by atoms with E-state index < -0.39 is 0 Å². The molecule has 0 aliphatic carbocycles. The van der Waals surface area contributed by atoms with Crippen LogP contribution in [0.4, 0.5) is 5.69 Å². The van der Waals surface area contributed by atoms with E-state index in [4.69, 9.17) is 16.2 Å². The Hall–Kier alpha value is -1.58. The number of hydrogen-bond acceptors (Lipinski definition) is 3. The van der Waals surface area contributed by atoms with Crippen LogP contribution in [0, 0.1) is 0 Å². The lowest BCUT2D eigenvalue weighted by Crippen LogP contribution is -2.10. The number of ether oxygens (including phenoxy) is 1. The molecule has 3 nitrogen and oxygen atoms in total. The zero-order valence-electron chi connectivity index (χ0n) is 9.86. The van der Waals surface area contributed by atoms with E-state index in [-0.39, 0.29) is 0 Å². The SMILES string of the molecule is NCCOCCc1cccc2c(N)cccc12. The summed E-state index contributed by atoms with van der Waals surface area (Å²) in [5.74, 6) is 0. The Bertz CT molecular complexity index is 497. The van der Waals surface area contributed by atoms with E-state index in [1.54, 1.807) is 0 Å². The van der Waals surface area contributed by atoms with Crippen molar-refractivity contribution in [3.8, 4) is 0 Å². The molecule has 2 aromatic carbocycles. The Kier molecular flexibility index (Phi) is 3.96. The van der Waals surface area contributed by atoms with Crippen molar-refractivity contribution in [1.29, 1.82) is 0 Å². The molecular weight excluding hydrogens is 212 g/mol. The maximum absolute atomic E-state index is 5.95. The van der Waals surface area contributed by atoms with Gasteiger partial charge in [0.15, 0.2) is 0 Å². The van der Waals surface area contributed by atoms with E-state index in [0.717, 1.165) is 17.5 Å². The predicted molar refractivity (Wildman–Crippen MR) is 71.9 cm³/mol. The smallest absolute Gasteiger partial charge is 0.0588 e. The number of nitrogens with two attached hydrogens (primary N) is 2. The molecule has 0 aliphatic rings. The molecule has 0 saturated heterocycles. The van der Waals surface area contributed by atoms with Crippen LogP contribution in [-0.2, 0) is 11.2 Å². The monoisotopic (exact) mass is 230 g/mol. The van der Waals surface area contributed by atoms with Crippen LogP contribution in [0.3, 0.4) is 0 Å². The maximum Gasteiger partial charge on any atom is 0.0588 e. The number of anilines is 1. The van der Waals surface area contributed by atoms with Crippen LogP contribution in [0.25, 0.3) is 10.8 Å². The molecule has 4 N–H and O–H groups in total. The Labute approximate surface area is 101 Å². The van der Waals surface area contributed by atoms with Crippen LogP contribution in [0.15, 0.2) is 36.4 Å². The molecule has 0 saturated carbocycles. The molecule has 0 radical (unpaired) electrons. The minimum Gasteiger partial charge on any atom is -0.398 e. The molecule has 0 aliphatic heterocycles. The molecule has 0 amide bonds. The molecule has 17 heavy (non-hydrogen) atoms. The number of fused-ring (bicyclic) bond motifs is 1. The Morgan fingerprint density at radius 3 is 2.53 bits per heavy atom. The number of benzene rings is 2. The molecule has 90 valence electrons. The van der Waals surface area contributed by atoms with Crippen molar-refractivity contribution < 1.29 is 4.74 Å². The molecule has 2 rings (SSSR count). The van der Waals surface area contributed by atoms with E-state index in [9.17, 15) is 0 Å². The first-order valence-corrected chi connectivity index (χ1v) is 5.87. The van der Waals surface area contributed by atoms with Crippen molar-refractivity contribution in [2.24, 2.45) is 5.73 Å². The normalized spacial score (nSPS) is 10.9. The summed E-state index contributed by atoms with van der Waals surface area (Å²) >= 11 is 0. The van der Waals surface area contributed by atoms with Crippen LogP contribution in [0.1, 0.15) is 5.56 Å². The molecular formula is C14H18N2O. The van der Waals surface area contributed by atoms with Crippen molar-refractivity contribution >= 4 is 16.5 Å². The molecule has 0 spiro atoms. The van der Waals surface area contributed by atoms with Gasteiger partial charge in [0.1, 0.15) is 0 Å². The lowest BCUT2D eigenvalue weighted by Gasteiger charge is -2.08. The van der Waals surface area contributed by atoms with Gasteiger partial charge in [-0.25, -0.2) is 0 Å². The zero-order valence-corrected chi connectivity index (χ0v) is 9.86. The molecule has 0 bridgehead atoms. The van der Waals surface area contributed by atoms with Gasteiger partial charge >= 0.3 is 0 Å². The molecule has 0 atom stereocenters. The molecule has 0 aromatic heterocycles. The second kappa shape index (κ2) is 5.66. The van der Waals surface area contributed by atoms with E-state index in [2.05, 4.69) is 18.2 Å². The minimum absolute atomic E-state index is 0.572. The molecule has 0 heterocycles. The third-order valence-corrected chi connectivity index (χ3v) is 2.82. The second-order valence-corrected chi connectivity index (χ2v) is 4.01. The second-order valence-electron chi connectivity index (χ2n) is 4.01. The third kappa shape index (κ3) is 2.75. The summed E-state index contributed by atoms with van der Waals surface area (Å²) in [6, 6.07) is 12.2. The first-order chi connectivity index (χ1) is 8.33.